The molecule has 0 aromatic heterocycles. The number of carbonyl (C=O) groups is 2. The van der Waals surface area contributed by atoms with E-state index in [1.165, 1.54) is 6.07 Å². The van der Waals surface area contributed by atoms with E-state index in [4.69, 9.17) is 14.2 Å². The Morgan fingerprint density at radius 1 is 1.04 bits per heavy atom. The van der Waals surface area contributed by atoms with Crippen molar-refractivity contribution in [1.82, 2.24) is 0 Å². The Labute approximate surface area is 153 Å². The molecule has 2 rings (SSSR count). The standard InChI is InChI=1S/C21H24O5/c1-14(2)12-25-21(23)17-6-5-7-18(11-17)26-20(22)13-24-19-10-15(3)8-9-16(19)4/h5-11,14H,12-13H2,1-4H3. The Morgan fingerprint density at radius 3 is 2.54 bits per heavy atom. The van der Waals surface area contributed by atoms with Crippen molar-refractivity contribution in [3.63, 3.8) is 0 Å². The zero-order chi connectivity index (χ0) is 19.1. The fraction of sp³-hybridized carbons (Fsp3) is 0.333. The highest BCUT2D eigenvalue weighted by Gasteiger charge is 2.12. The van der Waals surface area contributed by atoms with Crippen molar-refractivity contribution < 1.29 is 23.8 Å². The van der Waals surface area contributed by atoms with Crippen LogP contribution in [0.2, 0.25) is 0 Å². The van der Waals surface area contributed by atoms with E-state index >= 15 is 0 Å². The Kier molecular flexibility index (Phi) is 6.78. The maximum atomic E-state index is 12.0. The van der Waals surface area contributed by atoms with Crippen molar-refractivity contribution in [3.05, 3.63) is 59.2 Å². The van der Waals surface area contributed by atoms with Crippen LogP contribution in [0.15, 0.2) is 42.5 Å². The molecule has 0 atom stereocenters. The molecule has 0 heterocycles. The zero-order valence-electron chi connectivity index (χ0n) is 15.6. The van der Waals surface area contributed by atoms with Crippen LogP contribution in [-0.2, 0) is 9.53 Å². The molecular weight excluding hydrogens is 332 g/mol. The summed E-state index contributed by atoms with van der Waals surface area (Å²) in [6.07, 6.45) is 0. The normalized spacial score (nSPS) is 10.5. The summed E-state index contributed by atoms with van der Waals surface area (Å²) < 4.78 is 16.0. The average molecular weight is 356 g/mol. The third-order valence-corrected chi connectivity index (χ3v) is 3.54. The SMILES string of the molecule is Cc1ccc(C)c(OCC(=O)Oc2cccc(C(=O)OCC(C)C)c2)c1. The maximum absolute atomic E-state index is 12.0. The molecule has 0 fully saturated rings. The molecule has 5 nitrogen and oxygen atoms in total. The summed E-state index contributed by atoms with van der Waals surface area (Å²) in [7, 11) is 0. The maximum Gasteiger partial charge on any atom is 0.349 e. The number of ether oxygens (including phenoxy) is 3. The molecule has 0 aliphatic heterocycles. The van der Waals surface area contributed by atoms with Gasteiger partial charge in [-0.2, -0.15) is 0 Å². The van der Waals surface area contributed by atoms with Crippen LogP contribution in [0, 0.1) is 19.8 Å². The minimum absolute atomic E-state index is 0.216. The fourth-order valence-electron chi connectivity index (χ4n) is 2.17. The second-order valence-corrected chi connectivity index (χ2v) is 6.55. The van der Waals surface area contributed by atoms with Crippen LogP contribution >= 0.6 is 0 Å². The Hall–Kier alpha value is -2.82. The Balaban J connectivity index is 1.93. The van der Waals surface area contributed by atoms with Crippen molar-refractivity contribution in [1.29, 1.82) is 0 Å². The topological polar surface area (TPSA) is 61.8 Å². The van der Waals surface area contributed by atoms with Crippen LogP contribution in [0.3, 0.4) is 0 Å². The quantitative estimate of drug-likeness (QED) is 0.552. The van der Waals surface area contributed by atoms with E-state index in [-0.39, 0.29) is 18.3 Å². The van der Waals surface area contributed by atoms with Gasteiger partial charge in [0.25, 0.3) is 0 Å². The lowest BCUT2D eigenvalue weighted by Gasteiger charge is -2.10. The molecule has 0 amide bonds. The van der Waals surface area contributed by atoms with Gasteiger partial charge in [-0.15, -0.1) is 0 Å². The third-order valence-electron chi connectivity index (χ3n) is 3.54. The van der Waals surface area contributed by atoms with E-state index in [1.807, 2.05) is 45.9 Å². The van der Waals surface area contributed by atoms with Crippen LogP contribution in [0.1, 0.15) is 35.3 Å². The second kappa shape index (κ2) is 9.04. The predicted octanol–water partition coefficient (Wildman–Crippen LogP) is 4.10. The van der Waals surface area contributed by atoms with Gasteiger partial charge in [0.05, 0.1) is 12.2 Å². The van der Waals surface area contributed by atoms with Gasteiger partial charge in [0.1, 0.15) is 11.5 Å². The van der Waals surface area contributed by atoms with Gasteiger partial charge in [0.2, 0.25) is 0 Å². The van der Waals surface area contributed by atoms with Gasteiger partial charge >= 0.3 is 11.9 Å². The molecule has 26 heavy (non-hydrogen) atoms. The summed E-state index contributed by atoms with van der Waals surface area (Å²) in [5.74, 6) is 0.190. The van der Waals surface area contributed by atoms with Crippen LogP contribution < -0.4 is 9.47 Å². The van der Waals surface area contributed by atoms with E-state index < -0.39 is 11.9 Å². The largest absolute Gasteiger partial charge is 0.482 e. The molecule has 2 aromatic rings. The monoisotopic (exact) mass is 356 g/mol. The van der Waals surface area contributed by atoms with Crippen molar-refractivity contribution in [2.24, 2.45) is 5.92 Å². The second-order valence-electron chi connectivity index (χ2n) is 6.55. The summed E-state index contributed by atoms with van der Waals surface area (Å²) in [5, 5.41) is 0. The number of carbonyl (C=O) groups excluding carboxylic acids is 2. The molecule has 138 valence electrons. The van der Waals surface area contributed by atoms with E-state index in [1.54, 1.807) is 18.2 Å². The first-order valence-corrected chi connectivity index (χ1v) is 8.53. The highest BCUT2D eigenvalue weighted by Crippen LogP contribution is 2.19. The van der Waals surface area contributed by atoms with E-state index in [0.29, 0.717) is 17.9 Å². The minimum Gasteiger partial charge on any atom is -0.482 e. The third kappa shape index (κ3) is 5.92. The molecule has 5 heteroatoms. The summed E-state index contributed by atoms with van der Waals surface area (Å²) in [4.78, 5) is 24.0. The van der Waals surface area contributed by atoms with Gasteiger partial charge in [-0.05, 0) is 55.2 Å². The highest BCUT2D eigenvalue weighted by molar-refractivity contribution is 5.90. The van der Waals surface area contributed by atoms with Crippen LogP contribution in [0.25, 0.3) is 0 Å². The molecule has 2 aromatic carbocycles. The van der Waals surface area contributed by atoms with Crippen LogP contribution in [0.4, 0.5) is 0 Å². The number of hydrogen-bond acceptors (Lipinski definition) is 5. The number of aryl methyl sites for hydroxylation is 2. The van der Waals surface area contributed by atoms with Gasteiger partial charge in [-0.3, -0.25) is 0 Å². The van der Waals surface area contributed by atoms with E-state index in [9.17, 15) is 9.59 Å². The lowest BCUT2D eigenvalue weighted by Crippen LogP contribution is -2.18. The molecule has 0 radical (unpaired) electrons. The van der Waals surface area contributed by atoms with Gasteiger partial charge < -0.3 is 14.2 Å². The van der Waals surface area contributed by atoms with E-state index in [0.717, 1.165) is 11.1 Å². The van der Waals surface area contributed by atoms with Crippen molar-refractivity contribution >= 4 is 11.9 Å². The molecular formula is C21H24O5. The summed E-state index contributed by atoms with van der Waals surface area (Å²) >= 11 is 0. The van der Waals surface area contributed by atoms with Crippen LogP contribution in [-0.4, -0.2) is 25.2 Å². The Bertz CT molecular complexity index is 780. The average Bonchev–Trinajstić information content (AvgIpc) is 2.60. The molecule has 0 aliphatic rings. The summed E-state index contributed by atoms with van der Waals surface area (Å²) in [5.41, 5.74) is 2.33. The predicted molar refractivity (Wildman–Crippen MR) is 98.6 cm³/mol. The highest BCUT2D eigenvalue weighted by atomic mass is 16.6. The molecule has 0 saturated carbocycles. The van der Waals surface area contributed by atoms with Gasteiger partial charge in [0.15, 0.2) is 6.61 Å². The molecule has 0 aliphatic carbocycles. The smallest absolute Gasteiger partial charge is 0.349 e. The molecule has 0 saturated heterocycles. The Morgan fingerprint density at radius 2 is 1.81 bits per heavy atom. The fourth-order valence-corrected chi connectivity index (χ4v) is 2.17. The number of hydrogen-bond donors (Lipinski definition) is 0. The van der Waals surface area contributed by atoms with Crippen molar-refractivity contribution in [3.8, 4) is 11.5 Å². The van der Waals surface area contributed by atoms with Crippen molar-refractivity contribution in [2.75, 3.05) is 13.2 Å². The van der Waals surface area contributed by atoms with E-state index in [2.05, 4.69) is 0 Å². The van der Waals surface area contributed by atoms with Gasteiger partial charge in [0, 0.05) is 0 Å². The lowest BCUT2D eigenvalue weighted by molar-refractivity contribution is -0.136. The molecule has 0 bridgehead atoms. The number of rotatable bonds is 7. The molecule has 0 unspecified atom stereocenters. The first-order chi connectivity index (χ1) is 12.3. The lowest BCUT2D eigenvalue weighted by atomic mass is 10.1. The zero-order valence-corrected chi connectivity index (χ0v) is 15.6. The van der Waals surface area contributed by atoms with Gasteiger partial charge in [-0.1, -0.05) is 32.0 Å². The van der Waals surface area contributed by atoms with Crippen LogP contribution in [0.5, 0.6) is 11.5 Å². The summed E-state index contributed by atoms with van der Waals surface area (Å²) in [6, 6.07) is 12.1. The first kappa shape index (κ1) is 19.5. The molecule has 0 N–H and O–H groups in total. The van der Waals surface area contributed by atoms with Crippen molar-refractivity contribution in [2.45, 2.75) is 27.7 Å². The number of esters is 2. The molecule has 0 spiro atoms. The van der Waals surface area contributed by atoms with Gasteiger partial charge in [-0.25, -0.2) is 9.59 Å². The first-order valence-electron chi connectivity index (χ1n) is 8.53. The minimum atomic E-state index is -0.543. The summed E-state index contributed by atoms with van der Waals surface area (Å²) in [6.45, 7) is 7.91. The number of benzene rings is 2.